The zero-order valence-corrected chi connectivity index (χ0v) is 14.8. The molecule has 1 aliphatic rings. The molecule has 138 valence electrons. The van der Waals surface area contributed by atoms with Gasteiger partial charge in [-0.05, 0) is 25.0 Å². The van der Waals surface area contributed by atoms with E-state index in [0.29, 0.717) is 5.69 Å². The number of nitrogens with one attached hydrogen (secondary N) is 2. The van der Waals surface area contributed by atoms with Crippen LogP contribution in [0.2, 0.25) is 0 Å². The standard InChI is InChI=1S/C19H20N6O2/c26-25(27)17-18(23-14-8-2-1-3-9-14)21-12-22-19(17)24-15-10-4-6-13-7-5-11-20-16(13)15/h4-7,10-12,14H,1-3,8-9H2,(H2,21,22,23,24). The predicted molar refractivity (Wildman–Crippen MR) is 104 cm³/mol. The van der Waals surface area contributed by atoms with Gasteiger partial charge < -0.3 is 10.6 Å². The van der Waals surface area contributed by atoms with Crippen LogP contribution < -0.4 is 10.6 Å². The zero-order chi connectivity index (χ0) is 18.6. The summed E-state index contributed by atoms with van der Waals surface area (Å²) in [4.78, 5) is 24.0. The van der Waals surface area contributed by atoms with Gasteiger partial charge in [-0.3, -0.25) is 15.1 Å². The second-order valence-corrected chi connectivity index (χ2v) is 6.66. The van der Waals surface area contributed by atoms with Gasteiger partial charge in [0, 0.05) is 17.6 Å². The van der Waals surface area contributed by atoms with E-state index < -0.39 is 4.92 Å². The Morgan fingerprint density at radius 1 is 1.00 bits per heavy atom. The number of nitro groups is 1. The number of para-hydroxylation sites is 1. The van der Waals surface area contributed by atoms with Crippen LogP contribution in [-0.4, -0.2) is 25.9 Å². The Kier molecular flexibility index (Phi) is 4.78. The van der Waals surface area contributed by atoms with E-state index >= 15 is 0 Å². The van der Waals surface area contributed by atoms with Gasteiger partial charge >= 0.3 is 5.69 Å². The molecule has 4 rings (SSSR count). The highest BCUT2D eigenvalue weighted by Gasteiger charge is 2.26. The molecule has 0 bridgehead atoms. The molecule has 0 saturated heterocycles. The van der Waals surface area contributed by atoms with Gasteiger partial charge in [0.1, 0.15) is 6.33 Å². The largest absolute Gasteiger partial charge is 0.361 e. The van der Waals surface area contributed by atoms with E-state index in [2.05, 4.69) is 25.6 Å². The van der Waals surface area contributed by atoms with Gasteiger partial charge in [-0.2, -0.15) is 0 Å². The fraction of sp³-hybridized carbons (Fsp3) is 0.316. The lowest BCUT2D eigenvalue weighted by Gasteiger charge is -2.23. The number of pyridine rings is 1. The molecule has 0 atom stereocenters. The van der Waals surface area contributed by atoms with E-state index in [1.807, 2.05) is 30.3 Å². The lowest BCUT2D eigenvalue weighted by Crippen LogP contribution is -2.23. The number of hydrogen-bond donors (Lipinski definition) is 2. The number of fused-ring (bicyclic) bond motifs is 1. The lowest BCUT2D eigenvalue weighted by atomic mass is 9.95. The van der Waals surface area contributed by atoms with Gasteiger partial charge in [-0.15, -0.1) is 0 Å². The molecule has 1 aromatic carbocycles. The van der Waals surface area contributed by atoms with E-state index in [0.717, 1.165) is 36.6 Å². The zero-order valence-electron chi connectivity index (χ0n) is 14.8. The van der Waals surface area contributed by atoms with E-state index in [9.17, 15) is 10.1 Å². The van der Waals surface area contributed by atoms with E-state index in [1.165, 1.54) is 12.7 Å². The normalized spacial score (nSPS) is 14.8. The second kappa shape index (κ2) is 7.53. The molecule has 1 saturated carbocycles. The third-order valence-electron chi connectivity index (χ3n) is 4.84. The van der Waals surface area contributed by atoms with Crippen LogP contribution in [0, 0.1) is 10.1 Å². The van der Waals surface area contributed by atoms with Crippen LogP contribution in [0.15, 0.2) is 42.9 Å². The average molecular weight is 364 g/mol. The molecule has 8 heteroatoms. The van der Waals surface area contributed by atoms with Crippen molar-refractivity contribution in [2.45, 2.75) is 38.1 Å². The molecular weight excluding hydrogens is 344 g/mol. The van der Waals surface area contributed by atoms with Crippen LogP contribution >= 0.6 is 0 Å². The molecule has 0 amide bonds. The fourth-order valence-corrected chi connectivity index (χ4v) is 3.52. The Morgan fingerprint density at radius 3 is 2.59 bits per heavy atom. The van der Waals surface area contributed by atoms with E-state index in [4.69, 9.17) is 0 Å². The Hall–Kier alpha value is -3.29. The molecule has 2 heterocycles. The molecule has 0 unspecified atom stereocenters. The highest BCUT2D eigenvalue weighted by molar-refractivity contribution is 5.92. The molecular formula is C19H20N6O2. The maximum atomic E-state index is 11.8. The van der Waals surface area contributed by atoms with Crippen LogP contribution in [0.25, 0.3) is 10.9 Å². The molecule has 1 aliphatic carbocycles. The molecule has 3 aromatic rings. The summed E-state index contributed by atoms with van der Waals surface area (Å²) < 4.78 is 0. The molecule has 2 N–H and O–H groups in total. The monoisotopic (exact) mass is 364 g/mol. The summed E-state index contributed by atoms with van der Waals surface area (Å²) in [6.07, 6.45) is 8.50. The number of anilines is 3. The fourth-order valence-electron chi connectivity index (χ4n) is 3.52. The van der Waals surface area contributed by atoms with Gasteiger partial charge in [0.2, 0.25) is 11.6 Å². The molecule has 0 spiro atoms. The maximum absolute atomic E-state index is 11.8. The molecule has 1 fully saturated rings. The van der Waals surface area contributed by atoms with Crippen LogP contribution in [0.4, 0.5) is 23.0 Å². The average Bonchev–Trinajstić information content (AvgIpc) is 2.69. The first-order valence-electron chi connectivity index (χ1n) is 9.09. The number of aromatic nitrogens is 3. The van der Waals surface area contributed by atoms with E-state index in [1.54, 1.807) is 6.20 Å². The summed E-state index contributed by atoms with van der Waals surface area (Å²) in [5.74, 6) is 0.420. The highest BCUT2D eigenvalue weighted by atomic mass is 16.6. The summed E-state index contributed by atoms with van der Waals surface area (Å²) >= 11 is 0. The summed E-state index contributed by atoms with van der Waals surface area (Å²) in [6, 6.07) is 9.65. The lowest BCUT2D eigenvalue weighted by molar-refractivity contribution is -0.383. The van der Waals surface area contributed by atoms with Crippen LogP contribution in [0.1, 0.15) is 32.1 Å². The van der Waals surface area contributed by atoms with Crippen molar-refractivity contribution in [2.24, 2.45) is 0 Å². The third-order valence-corrected chi connectivity index (χ3v) is 4.84. The third kappa shape index (κ3) is 3.64. The summed E-state index contributed by atoms with van der Waals surface area (Å²) in [5.41, 5.74) is 1.25. The van der Waals surface area contributed by atoms with Gasteiger partial charge in [0.15, 0.2) is 0 Å². The van der Waals surface area contributed by atoms with Crippen molar-refractivity contribution >= 4 is 33.9 Å². The Labute approximate surface area is 156 Å². The van der Waals surface area contributed by atoms with Crippen molar-refractivity contribution in [2.75, 3.05) is 10.6 Å². The van der Waals surface area contributed by atoms with Crippen molar-refractivity contribution in [3.05, 3.63) is 53.0 Å². The van der Waals surface area contributed by atoms with Crippen molar-refractivity contribution in [3.63, 3.8) is 0 Å². The van der Waals surface area contributed by atoms with Gasteiger partial charge in [0.25, 0.3) is 0 Å². The Morgan fingerprint density at radius 2 is 1.78 bits per heavy atom. The number of rotatable bonds is 5. The summed E-state index contributed by atoms with van der Waals surface area (Å²) in [6.45, 7) is 0. The van der Waals surface area contributed by atoms with Crippen LogP contribution in [0.5, 0.6) is 0 Å². The highest BCUT2D eigenvalue weighted by Crippen LogP contribution is 2.34. The second-order valence-electron chi connectivity index (χ2n) is 6.66. The minimum atomic E-state index is -0.438. The van der Waals surface area contributed by atoms with Crippen molar-refractivity contribution in [3.8, 4) is 0 Å². The van der Waals surface area contributed by atoms with Gasteiger partial charge in [0.05, 0.1) is 16.1 Å². The van der Waals surface area contributed by atoms with Crippen LogP contribution in [-0.2, 0) is 0 Å². The quantitative estimate of drug-likeness (QED) is 0.510. The van der Waals surface area contributed by atoms with Crippen molar-refractivity contribution in [1.29, 1.82) is 0 Å². The van der Waals surface area contributed by atoms with Crippen molar-refractivity contribution in [1.82, 2.24) is 15.0 Å². The molecule has 8 nitrogen and oxygen atoms in total. The SMILES string of the molecule is O=[N+]([O-])c1c(Nc2cccc3cccnc23)ncnc1NC1CCCCC1. The Bertz CT molecular complexity index is 966. The van der Waals surface area contributed by atoms with E-state index in [-0.39, 0.29) is 23.4 Å². The van der Waals surface area contributed by atoms with Crippen molar-refractivity contribution < 1.29 is 4.92 Å². The van der Waals surface area contributed by atoms with Gasteiger partial charge in [-0.1, -0.05) is 37.5 Å². The maximum Gasteiger partial charge on any atom is 0.353 e. The molecule has 0 aliphatic heterocycles. The number of benzene rings is 1. The van der Waals surface area contributed by atoms with Crippen LogP contribution in [0.3, 0.4) is 0 Å². The summed E-state index contributed by atoms with van der Waals surface area (Å²) in [5, 5.41) is 19.0. The first-order chi connectivity index (χ1) is 13.2. The molecule has 0 radical (unpaired) electrons. The Balaban J connectivity index is 1.69. The minimum Gasteiger partial charge on any atom is -0.361 e. The predicted octanol–water partition coefficient (Wildman–Crippen LogP) is 4.42. The number of nitrogens with zero attached hydrogens (tertiary/aromatic N) is 4. The number of hydrogen-bond acceptors (Lipinski definition) is 7. The first kappa shape index (κ1) is 17.1. The summed E-state index contributed by atoms with van der Waals surface area (Å²) in [7, 11) is 0. The first-order valence-corrected chi connectivity index (χ1v) is 9.09. The smallest absolute Gasteiger partial charge is 0.353 e. The molecule has 2 aromatic heterocycles. The minimum absolute atomic E-state index is 0.143. The molecule has 27 heavy (non-hydrogen) atoms. The topological polar surface area (TPSA) is 106 Å². The van der Waals surface area contributed by atoms with Gasteiger partial charge in [-0.25, -0.2) is 9.97 Å².